The standard InChI is InChI=1S/C22H31NO3/c1-19(2)15-7-9-21(19,5)17(24)13(15)11-23(26)12-14-16-8-10-22(6,18(14)25)20(16,3)4/h11-12,15-16,26H,7-10H2,1-6H3/b13-11-,14-12+/t15-,16+,21-,22+/m1/s1. The van der Waals surface area contributed by atoms with Crippen molar-refractivity contribution >= 4 is 11.6 Å². The molecule has 0 heterocycles. The maximum atomic E-state index is 12.9. The molecule has 4 fully saturated rings. The van der Waals surface area contributed by atoms with Crippen molar-refractivity contribution in [1.29, 1.82) is 0 Å². The van der Waals surface area contributed by atoms with Crippen LogP contribution in [0.2, 0.25) is 0 Å². The van der Waals surface area contributed by atoms with Crippen molar-refractivity contribution in [1.82, 2.24) is 5.06 Å². The van der Waals surface area contributed by atoms with Gasteiger partial charge in [-0.05, 0) is 48.3 Å². The van der Waals surface area contributed by atoms with Crippen LogP contribution in [0.5, 0.6) is 0 Å². The Kier molecular flexibility index (Phi) is 3.38. The lowest BCUT2D eigenvalue weighted by Gasteiger charge is -2.31. The highest BCUT2D eigenvalue weighted by atomic mass is 16.5. The summed E-state index contributed by atoms with van der Waals surface area (Å²) in [4.78, 5) is 25.9. The number of hydroxylamine groups is 2. The van der Waals surface area contributed by atoms with Crippen molar-refractivity contribution in [3.63, 3.8) is 0 Å². The first-order valence-electron chi connectivity index (χ1n) is 9.88. The summed E-state index contributed by atoms with van der Waals surface area (Å²) < 4.78 is 0. The number of carbonyl (C=O) groups is 2. The van der Waals surface area contributed by atoms with Gasteiger partial charge < -0.3 is 0 Å². The van der Waals surface area contributed by atoms with Crippen molar-refractivity contribution < 1.29 is 14.8 Å². The number of ketones is 2. The molecular formula is C22H31NO3. The van der Waals surface area contributed by atoms with Gasteiger partial charge in [-0.25, -0.2) is 5.06 Å². The smallest absolute Gasteiger partial charge is 0.167 e. The molecule has 26 heavy (non-hydrogen) atoms. The Morgan fingerprint density at radius 2 is 1.15 bits per heavy atom. The summed E-state index contributed by atoms with van der Waals surface area (Å²) in [7, 11) is 0. The van der Waals surface area contributed by atoms with Gasteiger partial charge in [0.15, 0.2) is 11.6 Å². The predicted molar refractivity (Wildman–Crippen MR) is 99.0 cm³/mol. The third-order valence-corrected chi connectivity index (χ3v) is 9.27. The Morgan fingerprint density at radius 1 is 0.808 bits per heavy atom. The third kappa shape index (κ3) is 1.79. The first-order chi connectivity index (χ1) is 11.9. The molecule has 1 N–H and O–H groups in total. The van der Waals surface area contributed by atoms with Crippen molar-refractivity contribution in [2.24, 2.45) is 33.5 Å². The lowest BCUT2D eigenvalue weighted by molar-refractivity contribution is -0.126. The highest BCUT2D eigenvalue weighted by molar-refractivity contribution is 6.05. The van der Waals surface area contributed by atoms with E-state index in [0.717, 1.165) is 30.7 Å². The van der Waals surface area contributed by atoms with E-state index in [1.165, 1.54) is 0 Å². The topological polar surface area (TPSA) is 57.6 Å². The van der Waals surface area contributed by atoms with E-state index in [0.29, 0.717) is 11.1 Å². The lowest BCUT2D eigenvalue weighted by atomic mass is 9.70. The third-order valence-electron chi connectivity index (χ3n) is 9.27. The maximum absolute atomic E-state index is 12.9. The fourth-order valence-corrected chi connectivity index (χ4v) is 6.48. The minimum atomic E-state index is -0.338. The summed E-state index contributed by atoms with van der Waals surface area (Å²) in [5.74, 6) is 0.668. The van der Waals surface area contributed by atoms with Gasteiger partial charge in [0.1, 0.15) is 0 Å². The number of hydrogen-bond acceptors (Lipinski definition) is 4. The van der Waals surface area contributed by atoms with Gasteiger partial charge >= 0.3 is 0 Å². The van der Waals surface area contributed by atoms with Crippen LogP contribution in [-0.4, -0.2) is 21.8 Å². The van der Waals surface area contributed by atoms with Crippen LogP contribution in [0.25, 0.3) is 0 Å². The van der Waals surface area contributed by atoms with E-state index in [2.05, 4.69) is 41.5 Å². The van der Waals surface area contributed by atoms with Gasteiger partial charge in [-0.1, -0.05) is 41.5 Å². The second kappa shape index (κ2) is 4.89. The summed E-state index contributed by atoms with van der Waals surface area (Å²) >= 11 is 0. The Bertz CT molecular complexity index is 710. The second-order valence-electron chi connectivity index (χ2n) is 10.5. The van der Waals surface area contributed by atoms with Gasteiger partial charge in [0, 0.05) is 34.4 Å². The molecule has 4 atom stereocenters. The zero-order valence-electron chi connectivity index (χ0n) is 16.8. The van der Waals surface area contributed by atoms with Crippen LogP contribution >= 0.6 is 0 Å². The second-order valence-corrected chi connectivity index (χ2v) is 10.5. The molecule has 0 radical (unpaired) electrons. The summed E-state index contributed by atoms with van der Waals surface area (Å²) in [5, 5.41) is 11.5. The van der Waals surface area contributed by atoms with Crippen molar-refractivity contribution in [2.75, 3.05) is 0 Å². The van der Waals surface area contributed by atoms with Gasteiger partial charge in [-0.15, -0.1) is 0 Å². The molecule has 4 rings (SSSR count). The molecule has 4 aliphatic rings. The normalized spacial score (nSPS) is 45.3. The SMILES string of the molecule is CC1(C)[C@H]2CC[C@@]1(C)C(=O)/C2=C/N(O)/C=C1\C(=O)[C@@]2(C)CC[C@H]1C2(C)C. The van der Waals surface area contributed by atoms with Gasteiger partial charge in [-0.3, -0.25) is 14.8 Å². The Morgan fingerprint density at radius 3 is 1.42 bits per heavy atom. The summed E-state index contributed by atoms with van der Waals surface area (Å²) in [6, 6.07) is 0. The average molecular weight is 357 g/mol. The summed E-state index contributed by atoms with van der Waals surface area (Å²) in [5.41, 5.74) is 0.585. The van der Waals surface area contributed by atoms with E-state index >= 15 is 0 Å². The molecule has 0 saturated heterocycles. The van der Waals surface area contributed by atoms with Crippen LogP contribution in [0.15, 0.2) is 23.5 Å². The zero-order chi connectivity index (χ0) is 19.3. The fraction of sp³-hybridized carbons (Fsp3) is 0.727. The fourth-order valence-electron chi connectivity index (χ4n) is 6.48. The van der Waals surface area contributed by atoms with Crippen LogP contribution in [-0.2, 0) is 9.59 Å². The van der Waals surface area contributed by atoms with Crippen molar-refractivity contribution in [3.05, 3.63) is 23.5 Å². The predicted octanol–water partition coefficient (Wildman–Crippen LogP) is 4.50. The number of hydrogen-bond donors (Lipinski definition) is 1. The zero-order valence-corrected chi connectivity index (χ0v) is 16.8. The Labute approximate surface area is 156 Å². The molecule has 4 aliphatic carbocycles. The number of allylic oxidation sites excluding steroid dienone is 2. The van der Waals surface area contributed by atoms with E-state index < -0.39 is 0 Å². The molecule has 4 saturated carbocycles. The summed E-state index contributed by atoms with van der Waals surface area (Å²) in [6.45, 7) is 12.7. The number of rotatable bonds is 2. The average Bonchev–Trinajstić information content (AvgIpc) is 3.02. The van der Waals surface area contributed by atoms with Crippen LogP contribution in [0.4, 0.5) is 0 Å². The summed E-state index contributed by atoms with van der Waals surface area (Å²) in [6.07, 6.45) is 6.94. The van der Waals surface area contributed by atoms with Crippen LogP contribution < -0.4 is 0 Å². The van der Waals surface area contributed by atoms with E-state index in [4.69, 9.17) is 0 Å². The molecule has 0 aliphatic heterocycles. The van der Waals surface area contributed by atoms with Crippen LogP contribution in [0.3, 0.4) is 0 Å². The largest absolute Gasteiger partial charge is 0.294 e. The highest BCUT2D eigenvalue weighted by Gasteiger charge is 2.65. The molecule has 0 amide bonds. The molecule has 0 aromatic heterocycles. The highest BCUT2D eigenvalue weighted by Crippen LogP contribution is 2.66. The first-order valence-corrected chi connectivity index (χ1v) is 9.88. The number of fused-ring (bicyclic) bond motifs is 4. The molecule has 142 valence electrons. The minimum absolute atomic E-state index is 0.0817. The van der Waals surface area contributed by atoms with E-state index in [1.54, 1.807) is 12.4 Å². The first kappa shape index (κ1) is 18.0. The quantitative estimate of drug-likeness (QED) is 0.584. The number of Topliss-reactive ketones (excluding diaryl/α,β-unsaturated/α-hetero) is 2. The van der Waals surface area contributed by atoms with Crippen molar-refractivity contribution in [2.45, 2.75) is 67.2 Å². The number of nitrogens with zero attached hydrogens (tertiary/aromatic N) is 1. The van der Waals surface area contributed by atoms with Gasteiger partial charge in [-0.2, -0.15) is 0 Å². The van der Waals surface area contributed by atoms with Gasteiger partial charge in [0.05, 0.1) is 0 Å². The molecule has 4 heteroatoms. The van der Waals surface area contributed by atoms with Gasteiger partial charge in [0.25, 0.3) is 0 Å². The molecule has 0 aromatic rings. The maximum Gasteiger partial charge on any atom is 0.167 e. The van der Waals surface area contributed by atoms with Crippen molar-refractivity contribution in [3.8, 4) is 0 Å². The van der Waals surface area contributed by atoms with Crippen LogP contribution in [0, 0.1) is 33.5 Å². The van der Waals surface area contributed by atoms with Gasteiger partial charge in [0.2, 0.25) is 0 Å². The van der Waals surface area contributed by atoms with Crippen LogP contribution in [0.1, 0.15) is 67.2 Å². The molecule has 0 unspecified atom stereocenters. The molecular weight excluding hydrogens is 326 g/mol. The van der Waals surface area contributed by atoms with E-state index in [1.807, 2.05) is 0 Å². The molecule has 4 bridgehead atoms. The molecule has 0 spiro atoms. The minimum Gasteiger partial charge on any atom is -0.294 e. The molecule has 0 aromatic carbocycles. The van der Waals surface area contributed by atoms with E-state index in [9.17, 15) is 14.8 Å². The lowest BCUT2D eigenvalue weighted by Crippen LogP contribution is -2.32. The monoisotopic (exact) mass is 357 g/mol. The Hall–Kier alpha value is -1.42. The number of carbonyl (C=O) groups excluding carboxylic acids is 2. The Balaban J connectivity index is 1.66. The molecule has 4 nitrogen and oxygen atoms in total. The van der Waals surface area contributed by atoms with E-state index in [-0.39, 0.29) is 45.1 Å².